The number of hydrogen-bond donors (Lipinski definition) is 0. The first kappa shape index (κ1) is 25.3. The maximum absolute atomic E-state index is 13.9. The fourth-order valence-electron chi connectivity index (χ4n) is 4.89. The van der Waals surface area contributed by atoms with E-state index < -0.39 is 0 Å². The Labute approximate surface area is 230 Å². The first-order chi connectivity index (χ1) is 19.4. The Morgan fingerprint density at radius 1 is 0.550 bits per heavy atom. The Balaban J connectivity index is 1.59. The van der Waals surface area contributed by atoms with Gasteiger partial charge in [0.05, 0.1) is 13.1 Å². The number of nitrogens with zero attached hydrogens (tertiary/aromatic N) is 6. The van der Waals surface area contributed by atoms with Crippen LogP contribution in [0.2, 0.25) is 0 Å². The maximum Gasteiger partial charge on any atom is 0.123 e. The molecule has 8 heteroatoms. The standard InChI is InChI=1S/C32H26F2N6/c1-21-5-3-7-23(17-21)19-39-31(29(35-37-39)25-9-13-27(33)14-10-25)32-30(26-11-15-28(34)16-12-26)36-38-40(32)20-24-8-4-6-22(2)18-24/h3-18H,19-20H2,1-2H3. The number of benzene rings is 4. The monoisotopic (exact) mass is 532 g/mol. The van der Waals surface area contributed by atoms with Gasteiger partial charge in [-0.05, 0) is 73.5 Å². The molecule has 0 aliphatic rings. The molecule has 0 spiro atoms. The van der Waals surface area contributed by atoms with Crippen molar-refractivity contribution in [2.45, 2.75) is 26.9 Å². The van der Waals surface area contributed by atoms with E-state index in [2.05, 4.69) is 32.8 Å². The van der Waals surface area contributed by atoms with Crippen molar-refractivity contribution in [2.24, 2.45) is 0 Å². The molecule has 0 bridgehead atoms. The number of aromatic nitrogens is 6. The van der Waals surface area contributed by atoms with Crippen molar-refractivity contribution >= 4 is 0 Å². The van der Waals surface area contributed by atoms with Gasteiger partial charge in [0.2, 0.25) is 0 Å². The van der Waals surface area contributed by atoms with E-state index in [-0.39, 0.29) is 11.6 Å². The molecule has 0 aliphatic heterocycles. The summed E-state index contributed by atoms with van der Waals surface area (Å²) in [6.45, 7) is 4.99. The molecule has 2 heterocycles. The van der Waals surface area contributed by atoms with Crippen LogP contribution >= 0.6 is 0 Å². The highest BCUT2D eigenvalue weighted by Crippen LogP contribution is 2.37. The van der Waals surface area contributed by atoms with Gasteiger partial charge in [0, 0.05) is 11.1 Å². The van der Waals surface area contributed by atoms with Crippen LogP contribution < -0.4 is 0 Å². The number of rotatable bonds is 7. The topological polar surface area (TPSA) is 61.4 Å². The van der Waals surface area contributed by atoms with Gasteiger partial charge in [-0.2, -0.15) is 0 Å². The average Bonchev–Trinajstić information content (AvgIpc) is 3.53. The third kappa shape index (κ3) is 5.16. The van der Waals surface area contributed by atoms with E-state index in [4.69, 9.17) is 0 Å². The van der Waals surface area contributed by atoms with Gasteiger partial charge in [-0.3, -0.25) is 0 Å². The summed E-state index contributed by atoms with van der Waals surface area (Å²) < 4.78 is 31.4. The number of hydrogen-bond acceptors (Lipinski definition) is 4. The molecule has 40 heavy (non-hydrogen) atoms. The SMILES string of the molecule is Cc1cccc(Cn2nnc(-c3ccc(F)cc3)c2-c2c(-c3ccc(F)cc3)nnn2Cc2cccc(C)c2)c1. The number of halogens is 2. The smallest absolute Gasteiger partial charge is 0.123 e. The molecule has 0 unspecified atom stereocenters. The molecule has 0 saturated heterocycles. The van der Waals surface area contributed by atoms with Gasteiger partial charge < -0.3 is 0 Å². The molecule has 0 N–H and O–H groups in total. The van der Waals surface area contributed by atoms with Gasteiger partial charge in [0.25, 0.3) is 0 Å². The molecule has 0 fully saturated rings. The van der Waals surface area contributed by atoms with E-state index >= 15 is 0 Å². The molecular formula is C32H26F2N6. The van der Waals surface area contributed by atoms with Crippen LogP contribution in [0.25, 0.3) is 33.9 Å². The van der Waals surface area contributed by atoms with E-state index in [9.17, 15) is 8.78 Å². The lowest BCUT2D eigenvalue weighted by atomic mass is 10.0. The van der Waals surface area contributed by atoms with Gasteiger partial charge in [0.15, 0.2) is 0 Å². The van der Waals surface area contributed by atoms with E-state index in [1.54, 1.807) is 24.3 Å². The fourth-order valence-corrected chi connectivity index (χ4v) is 4.89. The average molecular weight is 533 g/mol. The third-order valence-corrected chi connectivity index (χ3v) is 6.76. The molecule has 0 radical (unpaired) electrons. The highest BCUT2D eigenvalue weighted by molar-refractivity contribution is 5.84. The van der Waals surface area contributed by atoms with E-state index in [0.29, 0.717) is 47.0 Å². The highest BCUT2D eigenvalue weighted by Gasteiger charge is 2.26. The Hall–Kier alpha value is -4.98. The Morgan fingerprint density at radius 3 is 1.32 bits per heavy atom. The van der Waals surface area contributed by atoms with Gasteiger partial charge in [-0.25, -0.2) is 18.1 Å². The van der Waals surface area contributed by atoms with Crippen LogP contribution in [0.4, 0.5) is 8.78 Å². The van der Waals surface area contributed by atoms with E-state index in [1.165, 1.54) is 24.3 Å². The zero-order valence-corrected chi connectivity index (χ0v) is 22.1. The maximum atomic E-state index is 13.9. The molecule has 0 amide bonds. The first-order valence-corrected chi connectivity index (χ1v) is 12.9. The van der Waals surface area contributed by atoms with Crippen molar-refractivity contribution in [2.75, 3.05) is 0 Å². The summed E-state index contributed by atoms with van der Waals surface area (Å²) in [5.41, 5.74) is 8.31. The molecular weight excluding hydrogens is 506 g/mol. The summed E-state index contributed by atoms with van der Waals surface area (Å²) in [7, 11) is 0. The zero-order chi connectivity index (χ0) is 27.6. The third-order valence-electron chi connectivity index (χ3n) is 6.76. The van der Waals surface area contributed by atoms with Crippen LogP contribution in [0.5, 0.6) is 0 Å². The normalized spacial score (nSPS) is 11.2. The van der Waals surface area contributed by atoms with Crippen LogP contribution in [0, 0.1) is 25.5 Å². The molecule has 0 saturated carbocycles. The van der Waals surface area contributed by atoms with Gasteiger partial charge in [-0.15, -0.1) is 10.2 Å². The summed E-state index contributed by atoms with van der Waals surface area (Å²) in [6.07, 6.45) is 0. The van der Waals surface area contributed by atoms with Crippen LogP contribution in [0.1, 0.15) is 22.3 Å². The first-order valence-electron chi connectivity index (χ1n) is 12.9. The Kier molecular flexibility index (Phi) is 6.74. The van der Waals surface area contributed by atoms with Gasteiger partial charge in [-0.1, -0.05) is 70.1 Å². The molecule has 6 aromatic rings. The predicted octanol–water partition coefficient (Wildman–Crippen LogP) is 6.86. The quantitative estimate of drug-likeness (QED) is 0.225. The fraction of sp³-hybridized carbons (Fsp3) is 0.125. The van der Waals surface area contributed by atoms with Crippen LogP contribution in [0.15, 0.2) is 97.1 Å². The van der Waals surface area contributed by atoms with Gasteiger partial charge >= 0.3 is 0 Å². The lowest BCUT2D eigenvalue weighted by molar-refractivity contribution is 0.627. The summed E-state index contributed by atoms with van der Waals surface area (Å²) in [5.74, 6) is -0.675. The van der Waals surface area contributed by atoms with Crippen molar-refractivity contribution in [1.29, 1.82) is 0 Å². The summed E-state index contributed by atoms with van der Waals surface area (Å²) >= 11 is 0. The van der Waals surface area contributed by atoms with Crippen LogP contribution in [-0.2, 0) is 13.1 Å². The molecule has 6 nitrogen and oxygen atoms in total. The highest BCUT2D eigenvalue weighted by atomic mass is 19.1. The zero-order valence-electron chi connectivity index (χ0n) is 22.1. The summed E-state index contributed by atoms with van der Waals surface area (Å²) in [4.78, 5) is 0. The van der Waals surface area contributed by atoms with Crippen LogP contribution in [0.3, 0.4) is 0 Å². The molecule has 4 aromatic carbocycles. The minimum atomic E-state index is -0.337. The van der Waals surface area contributed by atoms with Gasteiger partial charge in [0.1, 0.15) is 34.4 Å². The molecule has 2 aromatic heterocycles. The molecule has 0 atom stereocenters. The summed E-state index contributed by atoms with van der Waals surface area (Å²) in [6, 6.07) is 28.8. The second-order valence-electron chi connectivity index (χ2n) is 9.88. The van der Waals surface area contributed by atoms with Crippen molar-refractivity contribution < 1.29 is 8.78 Å². The Morgan fingerprint density at radius 2 is 0.950 bits per heavy atom. The van der Waals surface area contributed by atoms with Crippen molar-refractivity contribution in [3.63, 3.8) is 0 Å². The Bertz CT molecular complexity index is 1650. The van der Waals surface area contributed by atoms with Crippen molar-refractivity contribution in [1.82, 2.24) is 30.0 Å². The lowest BCUT2D eigenvalue weighted by Crippen LogP contribution is -2.10. The van der Waals surface area contributed by atoms with E-state index in [0.717, 1.165) is 22.3 Å². The van der Waals surface area contributed by atoms with E-state index in [1.807, 2.05) is 59.6 Å². The molecule has 0 aliphatic carbocycles. The minimum absolute atomic E-state index is 0.337. The molecule has 198 valence electrons. The lowest BCUT2D eigenvalue weighted by Gasteiger charge is -2.13. The van der Waals surface area contributed by atoms with Crippen LogP contribution in [-0.4, -0.2) is 30.0 Å². The van der Waals surface area contributed by atoms with Crippen molar-refractivity contribution in [3.8, 4) is 33.9 Å². The summed E-state index contributed by atoms with van der Waals surface area (Å²) in [5, 5.41) is 18.2. The minimum Gasteiger partial charge on any atom is -0.238 e. The second kappa shape index (κ2) is 10.6. The largest absolute Gasteiger partial charge is 0.238 e. The van der Waals surface area contributed by atoms with Crippen molar-refractivity contribution in [3.05, 3.63) is 131 Å². The molecule has 6 rings (SSSR count). The second-order valence-corrected chi connectivity index (χ2v) is 9.88. The predicted molar refractivity (Wildman–Crippen MR) is 150 cm³/mol. The number of aryl methyl sites for hydroxylation is 2.